The molecule has 0 atom stereocenters. The summed E-state index contributed by atoms with van der Waals surface area (Å²) in [5.74, 6) is 3.81. The third-order valence-electron chi connectivity index (χ3n) is 3.63. The van der Waals surface area contributed by atoms with Crippen LogP contribution in [0.15, 0.2) is 41.4 Å². The molecule has 116 valence electrons. The zero-order chi connectivity index (χ0) is 15.2. The number of pyridine rings is 1. The lowest BCUT2D eigenvalue weighted by Gasteiger charge is -2.27. The third kappa shape index (κ3) is 3.82. The number of benzene rings is 1. The van der Waals surface area contributed by atoms with E-state index >= 15 is 0 Å². The summed E-state index contributed by atoms with van der Waals surface area (Å²) in [5, 5.41) is 4.45. The molecule has 0 bridgehead atoms. The highest BCUT2D eigenvalue weighted by atomic mass is 32.2. The lowest BCUT2D eigenvalue weighted by Crippen LogP contribution is -2.42. The van der Waals surface area contributed by atoms with E-state index in [0.29, 0.717) is 12.5 Å². The average Bonchev–Trinajstić information content (AvgIpc) is 2.59. The fraction of sp³-hybridized carbons (Fsp3) is 0.375. The zero-order valence-electron chi connectivity index (χ0n) is 12.5. The Labute approximate surface area is 135 Å². The number of hydrogen-bond acceptors (Lipinski definition) is 4. The minimum absolute atomic E-state index is 0.657. The SMILES string of the molecule is NC(=NCCNc1ccc2ccccc2n1)N1CCSCC1. The summed E-state index contributed by atoms with van der Waals surface area (Å²) in [4.78, 5) is 11.2. The molecular formula is C16H21N5S. The highest BCUT2D eigenvalue weighted by molar-refractivity contribution is 7.99. The van der Waals surface area contributed by atoms with Gasteiger partial charge in [-0.1, -0.05) is 18.2 Å². The van der Waals surface area contributed by atoms with Crippen molar-refractivity contribution >= 4 is 34.4 Å². The number of anilines is 1. The van der Waals surface area contributed by atoms with Crippen molar-refractivity contribution < 1.29 is 0 Å². The predicted octanol–water partition coefficient (Wildman–Crippen LogP) is 2.01. The molecule has 2 aromatic rings. The highest BCUT2D eigenvalue weighted by Crippen LogP contribution is 2.14. The summed E-state index contributed by atoms with van der Waals surface area (Å²) >= 11 is 1.97. The Morgan fingerprint density at radius 2 is 2.05 bits per heavy atom. The number of thioether (sulfide) groups is 1. The van der Waals surface area contributed by atoms with Crippen LogP contribution < -0.4 is 11.1 Å². The van der Waals surface area contributed by atoms with Gasteiger partial charge in [0.2, 0.25) is 0 Å². The van der Waals surface area contributed by atoms with Crippen molar-refractivity contribution in [2.45, 2.75) is 0 Å². The molecule has 0 radical (unpaired) electrons. The Hall–Kier alpha value is -1.95. The van der Waals surface area contributed by atoms with Crippen LogP contribution in [0.5, 0.6) is 0 Å². The van der Waals surface area contributed by atoms with E-state index in [-0.39, 0.29) is 0 Å². The van der Waals surface area contributed by atoms with Gasteiger partial charge >= 0.3 is 0 Å². The van der Waals surface area contributed by atoms with E-state index in [1.54, 1.807) is 0 Å². The van der Waals surface area contributed by atoms with Gasteiger partial charge in [0.25, 0.3) is 0 Å². The minimum Gasteiger partial charge on any atom is -0.370 e. The van der Waals surface area contributed by atoms with Gasteiger partial charge in [0.1, 0.15) is 5.82 Å². The Morgan fingerprint density at radius 3 is 2.91 bits per heavy atom. The zero-order valence-corrected chi connectivity index (χ0v) is 13.4. The van der Waals surface area contributed by atoms with Gasteiger partial charge in [-0.15, -0.1) is 0 Å². The Bertz CT molecular complexity index is 652. The molecule has 2 heterocycles. The van der Waals surface area contributed by atoms with Gasteiger partial charge in [0.05, 0.1) is 12.1 Å². The van der Waals surface area contributed by atoms with Crippen LogP contribution in [0.4, 0.5) is 5.82 Å². The van der Waals surface area contributed by atoms with Gasteiger partial charge in [0, 0.05) is 36.5 Å². The van der Waals surface area contributed by atoms with Crippen LogP contribution in [0, 0.1) is 0 Å². The fourth-order valence-corrected chi connectivity index (χ4v) is 3.31. The van der Waals surface area contributed by atoms with E-state index in [2.05, 4.69) is 32.3 Å². The molecule has 5 nitrogen and oxygen atoms in total. The van der Waals surface area contributed by atoms with Crippen LogP contribution in [-0.4, -0.2) is 53.5 Å². The highest BCUT2D eigenvalue weighted by Gasteiger charge is 2.11. The number of aromatic nitrogens is 1. The molecule has 22 heavy (non-hydrogen) atoms. The normalized spacial score (nSPS) is 16.0. The summed E-state index contributed by atoms with van der Waals surface area (Å²) in [7, 11) is 0. The monoisotopic (exact) mass is 315 g/mol. The first kappa shape index (κ1) is 15.0. The summed E-state index contributed by atoms with van der Waals surface area (Å²) < 4.78 is 0. The number of hydrogen-bond donors (Lipinski definition) is 2. The summed E-state index contributed by atoms with van der Waals surface area (Å²) in [6.07, 6.45) is 0. The lowest BCUT2D eigenvalue weighted by molar-refractivity contribution is 0.456. The van der Waals surface area contributed by atoms with E-state index < -0.39 is 0 Å². The molecule has 3 N–H and O–H groups in total. The van der Waals surface area contributed by atoms with Crippen molar-refractivity contribution in [1.82, 2.24) is 9.88 Å². The second-order valence-corrected chi connectivity index (χ2v) is 6.38. The molecule has 1 fully saturated rings. The van der Waals surface area contributed by atoms with Gasteiger partial charge in [-0.3, -0.25) is 4.99 Å². The lowest BCUT2D eigenvalue weighted by atomic mass is 10.2. The molecule has 0 aliphatic carbocycles. The number of nitrogens with one attached hydrogen (secondary N) is 1. The Balaban J connectivity index is 1.51. The smallest absolute Gasteiger partial charge is 0.191 e. The maximum atomic E-state index is 6.03. The van der Waals surface area contributed by atoms with Crippen LogP contribution >= 0.6 is 11.8 Å². The first-order valence-corrected chi connectivity index (χ1v) is 8.71. The first-order valence-electron chi connectivity index (χ1n) is 7.55. The quantitative estimate of drug-likeness (QED) is 0.513. The van der Waals surface area contributed by atoms with Crippen molar-refractivity contribution in [1.29, 1.82) is 0 Å². The van der Waals surface area contributed by atoms with Gasteiger partial charge < -0.3 is 16.0 Å². The van der Waals surface area contributed by atoms with Gasteiger partial charge in [-0.05, 0) is 18.2 Å². The molecule has 0 spiro atoms. The van der Waals surface area contributed by atoms with E-state index in [1.807, 2.05) is 36.0 Å². The molecule has 1 aromatic heterocycles. The molecule has 6 heteroatoms. The van der Waals surface area contributed by atoms with Crippen molar-refractivity contribution in [3.8, 4) is 0 Å². The summed E-state index contributed by atoms with van der Waals surface area (Å²) in [5.41, 5.74) is 7.03. The van der Waals surface area contributed by atoms with Crippen molar-refractivity contribution in [2.75, 3.05) is 43.0 Å². The average molecular weight is 315 g/mol. The van der Waals surface area contributed by atoms with Crippen LogP contribution in [0.1, 0.15) is 0 Å². The molecule has 1 aliphatic heterocycles. The van der Waals surface area contributed by atoms with Gasteiger partial charge in [0.15, 0.2) is 5.96 Å². The molecule has 0 amide bonds. The van der Waals surface area contributed by atoms with Crippen LogP contribution in [0.3, 0.4) is 0 Å². The predicted molar refractivity (Wildman–Crippen MR) is 95.6 cm³/mol. The number of guanidine groups is 1. The number of rotatable bonds is 4. The maximum absolute atomic E-state index is 6.03. The van der Waals surface area contributed by atoms with E-state index in [0.717, 1.165) is 47.9 Å². The van der Waals surface area contributed by atoms with Crippen LogP contribution in [-0.2, 0) is 0 Å². The molecule has 1 aliphatic rings. The number of aliphatic imine (C=N–C) groups is 1. The van der Waals surface area contributed by atoms with Crippen LogP contribution in [0.25, 0.3) is 10.9 Å². The van der Waals surface area contributed by atoms with E-state index in [1.165, 1.54) is 0 Å². The Kier molecular flexibility index (Phi) is 5.00. The standard InChI is InChI=1S/C16H21N5S/c17-16(21-9-11-22-12-10-21)19-8-7-18-15-6-5-13-3-1-2-4-14(13)20-15/h1-6H,7-12H2,(H2,17,19)(H,18,20). The second-order valence-electron chi connectivity index (χ2n) is 5.16. The Morgan fingerprint density at radius 1 is 1.23 bits per heavy atom. The largest absolute Gasteiger partial charge is 0.370 e. The summed E-state index contributed by atoms with van der Waals surface area (Å²) in [6, 6.07) is 12.2. The number of fused-ring (bicyclic) bond motifs is 1. The molecule has 3 rings (SSSR count). The van der Waals surface area contributed by atoms with Crippen molar-refractivity contribution in [2.24, 2.45) is 10.7 Å². The third-order valence-corrected chi connectivity index (χ3v) is 4.57. The molecule has 1 saturated heterocycles. The van der Waals surface area contributed by atoms with Gasteiger partial charge in [-0.2, -0.15) is 11.8 Å². The number of nitrogens with zero attached hydrogens (tertiary/aromatic N) is 3. The van der Waals surface area contributed by atoms with Crippen LogP contribution in [0.2, 0.25) is 0 Å². The van der Waals surface area contributed by atoms with E-state index in [9.17, 15) is 0 Å². The number of nitrogens with two attached hydrogens (primary N) is 1. The maximum Gasteiger partial charge on any atom is 0.191 e. The van der Waals surface area contributed by atoms with Crippen molar-refractivity contribution in [3.05, 3.63) is 36.4 Å². The van der Waals surface area contributed by atoms with E-state index in [4.69, 9.17) is 5.73 Å². The number of para-hydroxylation sites is 1. The second kappa shape index (κ2) is 7.35. The molecule has 0 unspecified atom stereocenters. The van der Waals surface area contributed by atoms with Crippen molar-refractivity contribution in [3.63, 3.8) is 0 Å². The minimum atomic E-state index is 0.657. The molecule has 1 aromatic carbocycles. The molecule has 0 saturated carbocycles. The fourth-order valence-electron chi connectivity index (χ4n) is 2.41. The first-order chi connectivity index (χ1) is 10.8. The molecular weight excluding hydrogens is 294 g/mol. The summed E-state index contributed by atoms with van der Waals surface area (Å²) in [6.45, 7) is 3.39. The topological polar surface area (TPSA) is 66.5 Å². The van der Waals surface area contributed by atoms with Gasteiger partial charge in [-0.25, -0.2) is 4.98 Å².